The predicted molar refractivity (Wildman–Crippen MR) is 56.3 cm³/mol. The zero-order chi connectivity index (χ0) is 10.7. The van der Waals surface area contributed by atoms with Crippen molar-refractivity contribution in [3.05, 3.63) is 34.9 Å². The Hall–Kier alpha value is -1.66. The van der Waals surface area contributed by atoms with Crippen LogP contribution in [-0.2, 0) is 11.2 Å². The number of aryl methyl sites for hydroxylation is 1. The SMILES string of the molecule is N#Cc1ccc2c(c1)CCCNC2C=O. The number of carbonyl (C=O) groups excluding carboxylic acids is 1. The monoisotopic (exact) mass is 200 g/mol. The van der Waals surface area contributed by atoms with E-state index in [-0.39, 0.29) is 6.04 Å². The molecule has 0 aromatic heterocycles. The van der Waals surface area contributed by atoms with E-state index in [2.05, 4.69) is 11.4 Å². The summed E-state index contributed by atoms with van der Waals surface area (Å²) in [6, 6.07) is 7.44. The van der Waals surface area contributed by atoms with Crippen molar-refractivity contribution in [3.63, 3.8) is 0 Å². The van der Waals surface area contributed by atoms with Gasteiger partial charge in [0.2, 0.25) is 0 Å². The first-order valence-electron chi connectivity index (χ1n) is 5.07. The Morgan fingerprint density at radius 3 is 3.13 bits per heavy atom. The molecule has 1 heterocycles. The summed E-state index contributed by atoms with van der Waals surface area (Å²) in [5.74, 6) is 0. The molecule has 0 bridgehead atoms. The molecular formula is C12H12N2O. The maximum Gasteiger partial charge on any atom is 0.141 e. The van der Waals surface area contributed by atoms with Gasteiger partial charge in [-0.2, -0.15) is 5.26 Å². The first-order valence-corrected chi connectivity index (χ1v) is 5.07. The second-order valence-corrected chi connectivity index (χ2v) is 3.70. The fourth-order valence-corrected chi connectivity index (χ4v) is 1.96. The van der Waals surface area contributed by atoms with Gasteiger partial charge in [0.05, 0.1) is 17.7 Å². The molecule has 0 radical (unpaired) electrons. The Labute approximate surface area is 88.7 Å². The van der Waals surface area contributed by atoms with Crippen LogP contribution in [-0.4, -0.2) is 12.8 Å². The Balaban J connectivity index is 2.46. The van der Waals surface area contributed by atoms with Gasteiger partial charge in [-0.05, 0) is 42.6 Å². The van der Waals surface area contributed by atoms with E-state index in [0.29, 0.717) is 5.56 Å². The molecule has 15 heavy (non-hydrogen) atoms. The van der Waals surface area contributed by atoms with Crippen molar-refractivity contribution in [2.45, 2.75) is 18.9 Å². The molecule has 1 atom stereocenters. The molecule has 1 aliphatic rings. The lowest BCUT2D eigenvalue weighted by atomic mass is 9.97. The highest BCUT2D eigenvalue weighted by molar-refractivity contribution is 5.63. The van der Waals surface area contributed by atoms with Crippen LogP contribution in [0.4, 0.5) is 0 Å². The first kappa shape index (κ1) is 9.88. The predicted octanol–water partition coefficient (Wildman–Crippen LogP) is 1.33. The summed E-state index contributed by atoms with van der Waals surface area (Å²) in [4.78, 5) is 10.9. The van der Waals surface area contributed by atoms with Crippen LogP contribution >= 0.6 is 0 Å². The lowest BCUT2D eigenvalue weighted by Crippen LogP contribution is -2.21. The minimum atomic E-state index is -0.213. The maximum atomic E-state index is 10.9. The third-order valence-corrected chi connectivity index (χ3v) is 2.73. The van der Waals surface area contributed by atoms with Crippen LogP contribution in [0.1, 0.15) is 29.2 Å². The molecule has 1 aromatic carbocycles. The van der Waals surface area contributed by atoms with Crippen LogP contribution < -0.4 is 5.32 Å². The van der Waals surface area contributed by atoms with Crippen LogP contribution in [0.5, 0.6) is 0 Å². The molecule has 1 aliphatic heterocycles. The highest BCUT2D eigenvalue weighted by Crippen LogP contribution is 2.22. The zero-order valence-electron chi connectivity index (χ0n) is 8.36. The largest absolute Gasteiger partial charge is 0.304 e. The molecule has 1 aromatic rings. The van der Waals surface area contributed by atoms with Crippen molar-refractivity contribution in [1.29, 1.82) is 5.26 Å². The Morgan fingerprint density at radius 1 is 1.53 bits per heavy atom. The van der Waals surface area contributed by atoms with Gasteiger partial charge < -0.3 is 10.1 Å². The number of rotatable bonds is 1. The summed E-state index contributed by atoms with van der Waals surface area (Å²) in [5, 5.41) is 12.0. The van der Waals surface area contributed by atoms with Gasteiger partial charge in [-0.3, -0.25) is 0 Å². The van der Waals surface area contributed by atoms with Crippen LogP contribution in [0.25, 0.3) is 0 Å². The van der Waals surface area contributed by atoms with Crippen LogP contribution in [0.3, 0.4) is 0 Å². The molecule has 1 unspecified atom stereocenters. The lowest BCUT2D eigenvalue weighted by Gasteiger charge is -2.12. The number of carbonyl (C=O) groups is 1. The summed E-state index contributed by atoms with van der Waals surface area (Å²) in [6.45, 7) is 0.847. The normalized spacial score (nSPS) is 19.8. The molecule has 0 amide bonds. The molecule has 76 valence electrons. The van der Waals surface area contributed by atoms with Crippen molar-refractivity contribution in [1.82, 2.24) is 5.32 Å². The number of nitrogens with zero attached hydrogens (tertiary/aromatic N) is 1. The fourth-order valence-electron chi connectivity index (χ4n) is 1.96. The zero-order valence-corrected chi connectivity index (χ0v) is 8.36. The summed E-state index contributed by atoms with van der Waals surface area (Å²) in [7, 11) is 0. The van der Waals surface area contributed by atoms with Gasteiger partial charge in [0.1, 0.15) is 6.29 Å². The molecule has 2 rings (SSSR count). The molecule has 0 fully saturated rings. The minimum Gasteiger partial charge on any atom is -0.304 e. The van der Waals surface area contributed by atoms with Gasteiger partial charge in [-0.25, -0.2) is 0 Å². The quantitative estimate of drug-likeness (QED) is 0.696. The van der Waals surface area contributed by atoms with Gasteiger partial charge in [-0.1, -0.05) is 6.07 Å². The van der Waals surface area contributed by atoms with Crippen molar-refractivity contribution >= 4 is 6.29 Å². The summed E-state index contributed by atoms with van der Waals surface area (Å²) >= 11 is 0. The third-order valence-electron chi connectivity index (χ3n) is 2.73. The fraction of sp³-hybridized carbons (Fsp3) is 0.333. The number of hydrogen-bond acceptors (Lipinski definition) is 3. The van der Waals surface area contributed by atoms with Gasteiger partial charge in [0.25, 0.3) is 0 Å². The lowest BCUT2D eigenvalue weighted by molar-refractivity contribution is -0.109. The smallest absolute Gasteiger partial charge is 0.141 e. The van der Waals surface area contributed by atoms with Crippen molar-refractivity contribution in [2.24, 2.45) is 0 Å². The molecule has 0 saturated heterocycles. The van der Waals surface area contributed by atoms with E-state index in [1.807, 2.05) is 12.1 Å². The van der Waals surface area contributed by atoms with E-state index in [4.69, 9.17) is 5.26 Å². The molecule has 0 saturated carbocycles. The van der Waals surface area contributed by atoms with Crippen LogP contribution in [0.2, 0.25) is 0 Å². The molecule has 0 spiro atoms. The molecule has 3 nitrogen and oxygen atoms in total. The molecule has 3 heteroatoms. The number of nitrogens with one attached hydrogen (secondary N) is 1. The Bertz CT molecular complexity index is 420. The van der Waals surface area contributed by atoms with Crippen LogP contribution in [0, 0.1) is 11.3 Å². The second-order valence-electron chi connectivity index (χ2n) is 3.70. The topological polar surface area (TPSA) is 52.9 Å². The van der Waals surface area contributed by atoms with Gasteiger partial charge >= 0.3 is 0 Å². The first-order chi connectivity index (χ1) is 7.35. The Kier molecular flexibility index (Phi) is 2.79. The van der Waals surface area contributed by atoms with Crippen LogP contribution in [0.15, 0.2) is 18.2 Å². The minimum absolute atomic E-state index is 0.213. The van der Waals surface area contributed by atoms with Crippen molar-refractivity contribution < 1.29 is 4.79 Å². The molecule has 1 N–H and O–H groups in total. The van der Waals surface area contributed by atoms with E-state index in [1.54, 1.807) is 6.07 Å². The van der Waals surface area contributed by atoms with Gasteiger partial charge in [0, 0.05) is 0 Å². The number of benzene rings is 1. The highest BCUT2D eigenvalue weighted by Gasteiger charge is 2.17. The maximum absolute atomic E-state index is 10.9. The highest BCUT2D eigenvalue weighted by atomic mass is 16.1. The summed E-state index contributed by atoms with van der Waals surface area (Å²) in [5.41, 5.74) is 2.80. The van der Waals surface area contributed by atoms with E-state index in [1.165, 1.54) is 0 Å². The van der Waals surface area contributed by atoms with Gasteiger partial charge in [0.15, 0.2) is 0 Å². The number of fused-ring (bicyclic) bond motifs is 1. The van der Waals surface area contributed by atoms with E-state index in [0.717, 1.165) is 36.8 Å². The summed E-state index contributed by atoms with van der Waals surface area (Å²) < 4.78 is 0. The average molecular weight is 200 g/mol. The van der Waals surface area contributed by atoms with E-state index >= 15 is 0 Å². The van der Waals surface area contributed by atoms with Crippen molar-refractivity contribution in [2.75, 3.05) is 6.54 Å². The van der Waals surface area contributed by atoms with E-state index < -0.39 is 0 Å². The number of hydrogen-bond donors (Lipinski definition) is 1. The van der Waals surface area contributed by atoms with Crippen molar-refractivity contribution in [3.8, 4) is 6.07 Å². The van der Waals surface area contributed by atoms with Gasteiger partial charge in [-0.15, -0.1) is 0 Å². The molecule has 0 aliphatic carbocycles. The molecular weight excluding hydrogens is 188 g/mol. The number of nitriles is 1. The average Bonchev–Trinajstić information content (AvgIpc) is 2.49. The Morgan fingerprint density at radius 2 is 2.40 bits per heavy atom. The van der Waals surface area contributed by atoms with E-state index in [9.17, 15) is 4.79 Å². The third kappa shape index (κ3) is 1.90. The number of aldehydes is 1. The second kappa shape index (κ2) is 4.24. The summed E-state index contributed by atoms with van der Waals surface area (Å²) in [6.07, 6.45) is 2.87. The standard InChI is InChI=1S/C12H12N2O/c13-7-9-3-4-11-10(6-9)2-1-5-14-12(11)8-15/h3-4,6,8,12,14H,1-2,5H2.